The molecule has 4 heteroatoms. The third-order valence-corrected chi connectivity index (χ3v) is 2.45. The summed E-state index contributed by atoms with van der Waals surface area (Å²) in [7, 11) is 0. The van der Waals surface area contributed by atoms with Crippen LogP contribution in [0.2, 0.25) is 0 Å². The largest absolute Gasteiger partial charge is 0.354 e. The summed E-state index contributed by atoms with van der Waals surface area (Å²) in [6.07, 6.45) is 0. The molecule has 0 radical (unpaired) electrons. The van der Waals surface area contributed by atoms with Crippen molar-refractivity contribution in [3.05, 3.63) is 0 Å². The van der Waals surface area contributed by atoms with E-state index in [1.54, 1.807) is 0 Å². The summed E-state index contributed by atoms with van der Waals surface area (Å²) in [5.74, 6) is 0.696. The lowest BCUT2D eigenvalue weighted by Crippen LogP contribution is -2.40. The van der Waals surface area contributed by atoms with Gasteiger partial charge in [-0.1, -0.05) is 6.92 Å². The molecule has 0 bridgehead atoms. The molecule has 13 heavy (non-hydrogen) atoms. The molecule has 1 amide bonds. The van der Waals surface area contributed by atoms with Crippen LogP contribution < -0.4 is 16.4 Å². The molecule has 3 atom stereocenters. The summed E-state index contributed by atoms with van der Waals surface area (Å²) in [4.78, 5) is 11.6. The number of nitrogens with two attached hydrogens (primary N) is 1. The molecule has 0 aromatic carbocycles. The zero-order chi connectivity index (χ0) is 9.84. The Morgan fingerprint density at radius 2 is 2.38 bits per heavy atom. The first kappa shape index (κ1) is 10.5. The van der Waals surface area contributed by atoms with Gasteiger partial charge in [-0.3, -0.25) is 4.79 Å². The van der Waals surface area contributed by atoms with Crippen molar-refractivity contribution in [2.45, 2.75) is 19.9 Å². The normalized spacial score (nSPS) is 30.1. The van der Waals surface area contributed by atoms with Crippen LogP contribution in [0.25, 0.3) is 0 Å². The first-order valence-electron chi connectivity index (χ1n) is 4.85. The highest BCUT2D eigenvalue weighted by atomic mass is 16.1. The molecule has 4 nitrogen and oxygen atoms in total. The Kier molecular flexibility index (Phi) is 3.69. The van der Waals surface area contributed by atoms with Crippen LogP contribution in [-0.4, -0.2) is 31.6 Å². The highest BCUT2D eigenvalue weighted by molar-refractivity contribution is 5.79. The van der Waals surface area contributed by atoms with Crippen molar-refractivity contribution in [1.29, 1.82) is 0 Å². The van der Waals surface area contributed by atoms with Crippen molar-refractivity contribution in [3.63, 3.8) is 0 Å². The minimum atomic E-state index is 0.0358. The Hall–Kier alpha value is -0.610. The molecule has 1 rings (SSSR count). The van der Waals surface area contributed by atoms with Gasteiger partial charge in [0.15, 0.2) is 0 Å². The van der Waals surface area contributed by atoms with Crippen LogP contribution in [0.4, 0.5) is 0 Å². The first-order valence-corrected chi connectivity index (χ1v) is 4.85. The Labute approximate surface area is 79.3 Å². The van der Waals surface area contributed by atoms with Crippen molar-refractivity contribution in [3.8, 4) is 0 Å². The summed E-state index contributed by atoms with van der Waals surface area (Å²) in [6, 6.07) is 0.0358. The van der Waals surface area contributed by atoms with Gasteiger partial charge in [0, 0.05) is 19.1 Å². The van der Waals surface area contributed by atoms with Crippen molar-refractivity contribution in [1.82, 2.24) is 10.6 Å². The third-order valence-electron chi connectivity index (χ3n) is 2.45. The number of hydrogen-bond acceptors (Lipinski definition) is 3. The second kappa shape index (κ2) is 4.58. The number of rotatable bonds is 3. The van der Waals surface area contributed by atoms with E-state index in [-0.39, 0.29) is 17.9 Å². The van der Waals surface area contributed by atoms with Crippen molar-refractivity contribution < 1.29 is 4.79 Å². The molecule has 4 N–H and O–H groups in total. The van der Waals surface area contributed by atoms with Crippen LogP contribution in [0.15, 0.2) is 0 Å². The van der Waals surface area contributed by atoms with Crippen molar-refractivity contribution >= 4 is 5.91 Å². The SMILES string of the molecule is CC(N)CNC(=O)[C@@H]1CNC[C@H]1C. The van der Waals surface area contributed by atoms with E-state index in [0.29, 0.717) is 12.5 Å². The molecule has 0 aliphatic carbocycles. The van der Waals surface area contributed by atoms with E-state index >= 15 is 0 Å². The molecule has 76 valence electrons. The monoisotopic (exact) mass is 185 g/mol. The van der Waals surface area contributed by atoms with Gasteiger partial charge in [0.1, 0.15) is 0 Å². The predicted octanol–water partition coefficient (Wildman–Crippen LogP) is -0.695. The van der Waals surface area contributed by atoms with Crippen molar-refractivity contribution in [2.24, 2.45) is 17.6 Å². The lowest BCUT2D eigenvalue weighted by Gasteiger charge is -2.15. The van der Waals surface area contributed by atoms with Gasteiger partial charge in [-0.25, -0.2) is 0 Å². The van der Waals surface area contributed by atoms with Gasteiger partial charge in [0.25, 0.3) is 0 Å². The maximum atomic E-state index is 11.6. The summed E-state index contributed by atoms with van der Waals surface area (Å²) in [6.45, 7) is 6.29. The number of hydrogen-bond donors (Lipinski definition) is 3. The van der Waals surface area contributed by atoms with E-state index in [9.17, 15) is 4.79 Å². The van der Waals surface area contributed by atoms with Gasteiger partial charge in [-0.15, -0.1) is 0 Å². The van der Waals surface area contributed by atoms with Crippen LogP contribution in [0.1, 0.15) is 13.8 Å². The van der Waals surface area contributed by atoms with E-state index in [4.69, 9.17) is 5.73 Å². The number of amides is 1. The van der Waals surface area contributed by atoms with Gasteiger partial charge in [-0.05, 0) is 19.4 Å². The van der Waals surface area contributed by atoms with E-state index in [0.717, 1.165) is 13.1 Å². The molecule has 1 saturated heterocycles. The fourth-order valence-corrected chi connectivity index (χ4v) is 1.55. The average molecular weight is 185 g/mol. The fraction of sp³-hybridized carbons (Fsp3) is 0.889. The molecule has 1 heterocycles. The maximum Gasteiger partial charge on any atom is 0.224 e. The summed E-state index contributed by atoms with van der Waals surface area (Å²) < 4.78 is 0. The lowest BCUT2D eigenvalue weighted by atomic mass is 9.97. The molecule has 0 aromatic heterocycles. The minimum Gasteiger partial charge on any atom is -0.354 e. The zero-order valence-corrected chi connectivity index (χ0v) is 8.34. The Balaban J connectivity index is 2.30. The van der Waals surface area contributed by atoms with Crippen LogP contribution in [-0.2, 0) is 4.79 Å². The van der Waals surface area contributed by atoms with Gasteiger partial charge in [0.2, 0.25) is 5.91 Å². The minimum absolute atomic E-state index is 0.0358. The third kappa shape index (κ3) is 2.97. The predicted molar refractivity (Wildman–Crippen MR) is 52.2 cm³/mol. The standard InChI is InChI=1S/C9H19N3O/c1-6-3-11-5-8(6)9(13)12-4-7(2)10/h6-8,11H,3-5,10H2,1-2H3,(H,12,13)/t6-,7?,8-/m1/s1. The van der Waals surface area contributed by atoms with Crippen LogP contribution in [0.5, 0.6) is 0 Å². The van der Waals surface area contributed by atoms with E-state index < -0.39 is 0 Å². The number of carbonyl (C=O) groups is 1. The second-order valence-electron chi connectivity index (χ2n) is 3.96. The fourth-order valence-electron chi connectivity index (χ4n) is 1.55. The molecule has 1 unspecified atom stereocenters. The van der Waals surface area contributed by atoms with Gasteiger partial charge < -0.3 is 16.4 Å². The molecule has 0 saturated carbocycles. The van der Waals surface area contributed by atoms with Gasteiger partial charge in [0.05, 0.1) is 5.92 Å². The first-order chi connectivity index (χ1) is 6.11. The van der Waals surface area contributed by atoms with Crippen LogP contribution >= 0.6 is 0 Å². The van der Waals surface area contributed by atoms with Crippen LogP contribution in [0.3, 0.4) is 0 Å². The highest BCUT2D eigenvalue weighted by Crippen LogP contribution is 2.15. The summed E-state index contributed by atoms with van der Waals surface area (Å²) in [5, 5.41) is 6.05. The maximum absolute atomic E-state index is 11.6. The van der Waals surface area contributed by atoms with Gasteiger partial charge >= 0.3 is 0 Å². The topological polar surface area (TPSA) is 67.1 Å². The van der Waals surface area contributed by atoms with E-state index in [1.165, 1.54) is 0 Å². The molecular formula is C9H19N3O. The van der Waals surface area contributed by atoms with E-state index in [2.05, 4.69) is 17.6 Å². The second-order valence-corrected chi connectivity index (χ2v) is 3.96. The molecule has 0 spiro atoms. The molecule has 0 aromatic rings. The van der Waals surface area contributed by atoms with E-state index in [1.807, 2.05) is 6.92 Å². The van der Waals surface area contributed by atoms with Crippen molar-refractivity contribution in [2.75, 3.05) is 19.6 Å². The Morgan fingerprint density at radius 1 is 1.69 bits per heavy atom. The quantitative estimate of drug-likeness (QED) is 0.545. The smallest absolute Gasteiger partial charge is 0.224 e. The molecule has 1 aliphatic heterocycles. The van der Waals surface area contributed by atoms with Crippen LogP contribution in [0, 0.1) is 11.8 Å². The Bertz CT molecular complexity index is 182. The molecule has 1 fully saturated rings. The Morgan fingerprint density at radius 3 is 2.85 bits per heavy atom. The highest BCUT2D eigenvalue weighted by Gasteiger charge is 2.29. The number of nitrogens with one attached hydrogen (secondary N) is 2. The average Bonchev–Trinajstić information content (AvgIpc) is 2.47. The lowest BCUT2D eigenvalue weighted by molar-refractivity contribution is -0.125. The molecule has 1 aliphatic rings. The zero-order valence-electron chi connectivity index (χ0n) is 8.34. The van der Waals surface area contributed by atoms with Gasteiger partial charge in [-0.2, -0.15) is 0 Å². The molecular weight excluding hydrogens is 166 g/mol. The summed E-state index contributed by atoms with van der Waals surface area (Å²) >= 11 is 0. The summed E-state index contributed by atoms with van der Waals surface area (Å²) in [5.41, 5.74) is 5.54. The number of carbonyl (C=O) groups excluding carboxylic acids is 1.